The van der Waals surface area contributed by atoms with E-state index in [2.05, 4.69) is 15.4 Å². The molecule has 4 fully saturated rings. The number of rotatable bonds is 13. The van der Waals surface area contributed by atoms with Crippen LogP contribution in [0.5, 0.6) is 0 Å². The van der Waals surface area contributed by atoms with E-state index in [1.165, 1.54) is 34.9 Å². The standard InChI is InChI=1S/C43H79F3N4O14S/c1-14-30-41(10,54)34(51)27(6)48-21-23(2)19-39(8,53)35(64-37-33-29(18-24(3)59-37)50(11)38(63-33)43(44,45)46)25(4)32(26(5)36(52)61-30)62-31-20-40(9,58-12)42(55,28(7)60-31)22-47-16-15-17-49-65(13,56)57/h23-35,37-38,47-49,51,53-55H,14-22H2,1-13H3/t23-,24-,25+,26-,27-,28+,29+,30-,31+,32+,33-,34-,35-,37+,38?,39-,40-,41-,42+/m1/s1. The molecule has 382 valence electrons. The molecule has 0 amide bonds. The summed E-state index contributed by atoms with van der Waals surface area (Å²) >= 11 is 0. The average Bonchev–Trinajstić information content (AvgIpc) is 3.54. The molecule has 4 rings (SSSR count). The van der Waals surface area contributed by atoms with Gasteiger partial charge in [0.05, 0.1) is 42.2 Å². The van der Waals surface area contributed by atoms with Gasteiger partial charge in [-0.2, -0.15) is 13.2 Å². The topological polar surface area (TPSA) is 236 Å². The molecular weight excluding hydrogens is 886 g/mol. The highest BCUT2D eigenvalue weighted by atomic mass is 32.2. The number of halogens is 3. The maximum absolute atomic E-state index is 14.4. The second-order valence-electron chi connectivity index (χ2n) is 19.9. The Labute approximate surface area is 383 Å². The summed E-state index contributed by atoms with van der Waals surface area (Å²) in [4.78, 5) is 15.6. The molecule has 0 aromatic heterocycles. The predicted octanol–water partition coefficient (Wildman–Crippen LogP) is 1.75. The van der Waals surface area contributed by atoms with Crippen LogP contribution in [0, 0.1) is 17.8 Å². The summed E-state index contributed by atoms with van der Waals surface area (Å²) in [5, 5.41) is 54.4. The summed E-state index contributed by atoms with van der Waals surface area (Å²) in [5.41, 5.74) is -6.71. The number of hydrogen-bond donors (Lipinski definition) is 7. The van der Waals surface area contributed by atoms with Gasteiger partial charge in [0.15, 0.2) is 12.6 Å². The van der Waals surface area contributed by atoms with Crippen LogP contribution in [0.3, 0.4) is 0 Å². The summed E-state index contributed by atoms with van der Waals surface area (Å²) in [7, 11) is -0.614. The first kappa shape index (κ1) is 56.2. The van der Waals surface area contributed by atoms with Gasteiger partial charge >= 0.3 is 12.1 Å². The van der Waals surface area contributed by atoms with E-state index < -0.39 is 130 Å². The Morgan fingerprint density at radius 1 is 0.985 bits per heavy atom. The van der Waals surface area contributed by atoms with Crippen molar-refractivity contribution in [2.45, 2.75) is 204 Å². The highest BCUT2D eigenvalue weighted by Crippen LogP contribution is 2.45. The van der Waals surface area contributed by atoms with E-state index in [0.29, 0.717) is 13.0 Å². The third-order valence-electron chi connectivity index (χ3n) is 14.3. The second kappa shape index (κ2) is 21.7. The Bertz CT molecular complexity index is 1670. The first-order valence-corrected chi connectivity index (χ1v) is 24.8. The van der Waals surface area contributed by atoms with Gasteiger partial charge in [0.2, 0.25) is 16.3 Å². The number of fused-ring (bicyclic) bond motifs is 1. The number of carbonyl (C=O) groups is 1. The lowest BCUT2D eigenvalue weighted by Gasteiger charge is -2.53. The monoisotopic (exact) mass is 965 g/mol. The molecule has 7 N–H and O–H groups in total. The van der Waals surface area contributed by atoms with Crippen LogP contribution >= 0.6 is 0 Å². The van der Waals surface area contributed by atoms with Gasteiger partial charge in [-0.15, -0.1) is 0 Å². The number of aliphatic hydroxyl groups is 4. The fourth-order valence-corrected chi connectivity index (χ4v) is 10.8. The number of cyclic esters (lactones) is 1. The van der Waals surface area contributed by atoms with Gasteiger partial charge in [-0.3, -0.25) is 9.69 Å². The molecule has 0 aromatic rings. The van der Waals surface area contributed by atoms with E-state index in [9.17, 15) is 46.8 Å². The van der Waals surface area contributed by atoms with Crippen molar-refractivity contribution in [3.05, 3.63) is 0 Å². The van der Waals surface area contributed by atoms with Gasteiger partial charge in [0.25, 0.3) is 0 Å². The fourth-order valence-electron chi connectivity index (χ4n) is 10.3. The first-order valence-electron chi connectivity index (χ1n) is 22.9. The summed E-state index contributed by atoms with van der Waals surface area (Å²) < 4.78 is 112. The van der Waals surface area contributed by atoms with Crippen LogP contribution < -0.4 is 15.4 Å². The number of sulfonamides is 1. The predicted molar refractivity (Wildman–Crippen MR) is 232 cm³/mol. The first-order chi connectivity index (χ1) is 29.8. The lowest BCUT2D eigenvalue weighted by atomic mass is 9.75. The van der Waals surface area contributed by atoms with Crippen LogP contribution in [0.15, 0.2) is 0 Å². The number of methoxy groups -OCH3 is 1. The van der Waals surface area contributed by atoms with Crippen LogP contribution in [0.4, 0.5) is 13.2 Å². The Morgan fingerprint density at radius 2 is 1.63 bits per heavy atom. The van der Waals surface area contributed by atoms with Crippen molar-refractivity contribution in [2.75, 3.05) is 46.6 Å². The summed E-state index contributed by atoms with van der Waals surface area (Å²) in [5.74, 6) is -3.34. The maximum atomic E-state index is 14.4. The molecule has 4 aliphatic heterocycles. The third kappa shape index (κ3) is 13.1. The lowest BCUT2D eigenvalue weighted by Crippen LogP contribution is -2.70. The minimum absolute atomic E-state index is 0.0181. The molecule has 4 aliphatic rings. The molecule has 0 radical (unpaired) electrons. The average molecular weight is 965 g/mol. The van der Waals surface area contributed by atoms with Crippen molar-refractivity contribution < 1.29 is 80.0 Å². The van der Waals surface area contributed by atoms with Gasteiger partial charge in [-0.25, -0.2) is 13.1 Å². The van der Waals surface area contributed by atoms with Gasteiger partial charge in [-0.1, -0.05) is 20.8 Å². The van der Waals surface area contributed by atoms with Crippen molar-refractivity contribution in [3.63, 3.8) is 0 Å². The van der Waals surface area contributed by atoms with E-state index in [1.807, 2.05) is 6.92 Å². The molecule has 4 heterocycles. The largest absolute Gasteiger partial charge is 0.459 e. The molecule has 22 heteroatoms. The second-order valence-corrected chi connectivity index (χ2v) is 21.8. The van der Waals surface area contributed by atoms with Crippen LogP contribution in [0.2, 0.25) is 0 Å². The number of esters is 1. The summed E-state index contributed by atoms with van der Waals surface area (Å²) in [6, 6.07) is -1.46. The summed E-state index contributed by atoms with van der Waals surface area (Å²) in [6.07, 6.45) is -15.7. The van der Waals surface area contributed by atoms with E-state index >= 15 is 0 Å². The number of nitrogens with one attached hydrogen (secondary N) is 3. The van der Waals surface area contributed by atoms with Crippen LogP contribution in [-0.4, -0.2) is 189 Å². The third-order valence-corrected chi connectivity index (χ3v) is 15.0. The number of aliphatic hydroxyl groups excluding tert-OH is 1. The van der Waals surface area contributed by atoms with Crippen molar-refractivity contribution in [1.29, 1.82) is 0 Å². The molecule has 19 atom stereocenters. The number of likely N-dealkylation sites (N-methyl/N-ethyl adjacent to an activating group) is 1. The number of hydrogen-bond acceptors (Lipinski definition) is 17. The molecule has 0 bridgehead atoms. The molecule has 0 aromatic carbocycles. The molecule has 0 aliphatic carbocycles. The number of carbonyl (C=O) groups excluding carboxylic acids is 1. The fraction of sp³-hybridized carbons (Fsp3) is 0.977. The van der Waals surface area contributed by atoms with Crippen molar-refractivity contribution in [2.24, 2.45) is 17.8 Å². The Hall–Kier alpha value is -1.35. The minimum atomic E-state index is -4.72. The summed E-state index contributed by atoms with van der Waals surface area (Å²) in [6.45, 7) is 17.2. The van der Waals surface area contributed by atoms with Crippen molar-refractivity contribution >= 4 is 16.0 Å². The Balaban J connectivity index is 1.76. The number of ether oxygens (including phenoxy) is 7. The van der Waals surface area contributed by atoms with Crippen LogP contribution in [-0.2, 0) is 48.0 Å². The van der Waals surface area contributed by atoms with E-state index in [1.54, 1.807) is 41.5 Å². The Kier molecular flexibility index (Phi) is 18.8. The highest BCUT2D eigenvalue weighted by molar-refractivity contribution is 7.88. The molecule has 0 saturated carbocycles. The SMILES string of the molecule is CC[C@H]1OC(=O)[C@H](C)[C@@H](O[C@H]2C[C@@](C)(OC)[C@](O)(CNCCCNS(C)(=O)=O)[C@H](C)O2)[C@H](C)[C@@H](O[C@@H]2O[C@H](C)C[C@H]3[C@H]2OC(C(F)(F)F)N3C)[C@](C)(O)C[C@@H](C)CN[C@H](C)[C@@H](O)[C@]1(C)O. The zero-order valence-electron chi connectivity index (χ0n) is 40.4. The van der Waals surface area contributed by atoms with E-state index in [-0.39, 0.29) is 51.2 Å². The normalized spacial score (nSPS) is 45.7. The number of nitrogens with zero attached hydrogens (tertiary/aromatic N) is 1. The smallest absolute Gasteiger partial charge is 0.428 e. The molecular formula is C43H79F3N4O14S. The van der Waals surface area contributed by atoms with E-state index in [4.69, 9.17) is 33.2 Å². The van der Waals surface area contributed by atoms with Crippen LogP contribution in [0.1, 0.15) is 101 Å². The molecule has 65 heavy (non-hydrogen) atoms. The van der Waals surface area contributed by atoms with Gasteiger partial charge in [-0.05, 0) is 100 Å². The molecule has 1 unspecified atom stereocenters. The number of alkyl halides is 3. The van der Waals surface area contributed by atoms with Crippen molar-refractivity contribution in [1.82, 2.24) is 20.3 Å². The van der Waals surface area contributed by atoms with Gasteiger partial charge in [0.1, 0.15) is 35.1 Å². The zero-order valence-corrected chi connectivity index (χ0v) is 41.2. The minimum Gasteiger partial charge on any atom is -0.459 e. The zero-order chi connectivity index (χ0) is 49.2. The van der Waals surface area contributed by atoms with Gasteiger partial charge in [0, 0.05) is 44.6 Å². The molecule has 4 saturated heterocycles. The quantitative estimate of drug-likeness (QED) is 0.103. The van der Waals surface area contributed by atoms with Crippen molar-refractivity contribution in [3.8, 4) is 0 Å². The lowest BCUT2D eigenvalue weighted by molar-refractivity contribution is -0.336. The van der Waals surface area contributed by atoms with Crippen LogP contribution in [0.25, 0.3) is 0 Å². The van der Waals surface area contributed by atoms with E-state index in [0.717, 1.165) is 11.2 Å². The van der Waals surface area contributed by atoms with Gasteiger partial charge < -0.3 is 64.2 Å². The molecule has 18 nitrogen and oxygen atoms in total. The molecule has 0 spiro atoms. The maximum Gasteiger partial charge on any atom is 0.428 e. The highest BCUT2D eigenvalue weighted by Gasteiger charge is 2.60. The Morgan fingerprint density at radius 3 is 2.22 bits per heavy atom.